The number of aromatic amines is 1. The smallest absolute Gasteiger partial charge is 0.244 e. The number of aryl methyl sites for hydroxylation is 1. The van der Waals surface area contributed by atoms with Crippen LogP contribution in [-0.2, 0) is 11.8 Å². The molecule has 1 atom stereocenters. The molecule has 4 rings (SSSR count). The average Bonchev–Trinajstić information content (AvgIpc) is 3.39. The zero-order chi connectivity index (χ0) is 19.5. The molecule has 8 nitrogen and oxygen atoms in total. The molecular weight excluding hydrogens is 354 g/mol. The molecule has 1 aliphatic rings. The summed E-state index contributed by atoms with van der Waals surface area (Å²) >= 11 is 0. The molecule has 2 aromatic heterocycles. The summed E-state index contributed by atoms with van der Waals surface area (Å²) in [4.78, 5) is 19.6. The number of H-pyrrole nitrogens is 1. The van der Waals surface area contributed by atoms with E-state index in [-0.39, 0.29) is 11.9 Å². The van der Waals surface area contributed by atoms with Gasteiger partial charge >= 0.3 is 0 Å². The minimum atomic E-state index is -0.361. The van der Waals surface area contributed by atoms with E-state index in [9.17, 15) is 4.79 Å². The van der Waals surface area contributed by atoms with Crippen LogP contribution in [0.3, 0.4) is 0 Å². The molecule has 1 aromatic carbocycles. The zero-order valence-electron chi connectivity index (χ0n) is 16.2. The van der Waals surface area contributed by atoms with Crippen molar-refractivity contribution in [1.29, 1.82) is 0 Å². The van der Waals surface area contributed by atoms with Crippen LogP contribution in [-0.4, -0.2) is 55.9 Å². The maximum atomic E-state index is 13.0. The van der Waals surface area contributed by atoms with Gasteiger partial charge in [0.2, 0.25) is 5.91 Å². The third-order valence-corrected chi connectivity index (χ3v) is 5.32. The fourth-order valence-electron chi connectivity index (χ4n) is 3.75. The highest BCUT2D eigenvalue weighted by molar-refractivity contribution is 5.83. The van der Waals surface area contributed by atoms with E-state index in [0.717, 1.165) is 35.6 Å². The first-order valence-corrected chi connectivity index (χ1v) is 9.58. The number of nitrogens with zero attached hydrogens (tertiary/aromatic N) is 5. The lowest BCUT2D eigenvalue weighted by Gasteiger charge is -2.33. The monoisotopic (exact) mass is 379 g/mol. The fraction of sp³-hybridized carbons (Fsp3) is 0.400. The molecule has 0 bridgehead atoms. The van der Waals surface area contributed by atoms with Gasteiger partial charge in [-0.15, -0.1) is 0 Å². The van der Waals surface area contributed by atoms with Gasteiger partial charge < -0.3 is 10.2 Å². The molecule has 8 heteroatoms. The molecule has 0 spiro atoms. The summed E-state index contributed by atoms with van der Waals surface area (Å²) in [5.74, 6) is 2.02. The van der Waals surface area contributed by atoms with E-state index in [2.05, 4.69) is 25.6 Å². The Hall–Kier alpha value is -3.00. The lowest BCUT2D eigenvalue weighted by molar-refractivity contribution is -0.134. The molecule has 3 heterocycles. The van der Waals surface area contributed by atoms with Gasteiger partial charge in [0.1, 0.15) is 11.9 Å². The fourth-order valence-corrected chi connectivity index (χ4v) is 3.75. The van der Waals surface area contributed by atoms with Crippen molar-refractivity contribution < 1.29 is 4.79 Å². The van der Waals surface area contributed by atoms with Crippen molar-refractivity contribution in [3.63, 3.8) is 0 Å². The number of rotatable bonds is 5. The molecule has 1 amide bonds. The highest BCUT2D eigenvalue weighted by atomic mass is 16.2. The Morgan fingerprint density at radius 2 is 2.00 bits per heavy atom. The maximum Gasteiger partial charge on any atom is 0.244 e. The molecule has 3 aromatic rings. The second kappa shape index (κ2) is 7.93. The Bertz CT molecular complexity index is 925. The molecule has 0 saturated carbocycles. The van der Waals surface area contributed by atoms with Crippen LogP contribution in [0.25, 0.3) is 11.4 Å². The molecular formula is C20H25N7O. The van der Waals surface area contributed by atoms with Gasteiger partial charge in [-0.05, 0) is 19.9 Å². The van der Waals surface area contributed by atoms with Crippen molar-refractivity contribution in [3.8, 4) is 11.4 Å². The summed E-state index contributed by atoms with van der Waals surface area (Å²) in [6, 6.07) is 9.59. The van der Waals surface area contributed by atoms with Gasteiger partial charge in [0.25, 0.3) is 0 Å². The highest BCUT2D eigenvalue weighted by Crippen LogP contribution is 2.28. The molecule has 0 radical (unpaired) electrons. The number of piperidine rings is 1. The number of aromatic nitrogens is 5. The Morgan fingerprint density at radius 3 is 2.64 bits per heavy atom. The standard InChI is InChI=1S/C20H25N7O/c1-21-17(16-12-22-26(2)13-16)20(28)27-10-8-15(9-11-27)19-23-18(24-25-19)14-6-4-3-5-7-14/h3-7,12-13,15,17,21H,8-11H2,1-2H3,(H,23,24,25). The number of benzene rings is 1. The molecule has 146 valence electrons. The summed E-state index contributed by atoms with van der Waals surface area (Å²) < 4.78 is 1.72. The lowest BCUT2D eigenvalue weighted by Crippen LogP contribution is -2.43. The summed E-state index contributed by atoms with van der Waals surface area (Å²) in [6.45, 7) is 1.42. The normalized spacial score (nSPS) is 16.3. The van der Waals surface area contributed by atoms with E-state index < -0.39 is 0 Å². The van der Waals surface area contributed by atoms with Crippen LogP contribution in [0.5, 0.6) is 0 Å². The van der Waals surface area contributed by atoms with Crippen molar-refractivity contribution in [1.82, 2.24) is 35.2 Å². The largest absolute Gasteiger partial charge is 0.341 e. The number of hydrogen-bond donors (Lipinski definition) is 2. The number of carbonyl (C=O) groups excluding carboxylic acids is 1. The summed E-state index contributed by atoms with van der Waals surface area (Å²) in [5.41, 5.74) is 1.89. The Morgan fingerprint density at radius 1 is 1.25 bits per heavy atom. The molecule has 28 heavy (non-hydrogen) atoms. The zero-order valence-corrected chi connectivity index (χ0v) is 16.2. The van der Waals surface area contributed by atoms with Crippen LogP contribution >= 0.6 is 0 Å². The predicted octanol–water partition coefficient (Wildman–Crippen LogP) is 1.87. The number of carbonyl (C=O) groups is 1. The predicted molar refractivity (Wildman–Crippen MR) is 105 cm³/mol. The topological polar surface area (TPSA) is 91.7 Å². The first-order valence-electron chi connectivity index (χ1n) is 9.58. The number of amides is 1. The summed E-state index contributed by atoms with van der Waals surface area (Å²) in [7, 11) is 3.66. The third-order valence-electron chi connectivity index (χ3n) is 5.32. The van der Waals surface area contributed by atoms with Crippen LogP contribution in [0.1, 0.15) is 36.2 Å². The highest BCUT2D eigenvalue weighted by Gasteiger charge is 2.30. The minimum absolute atomic E-state index is 0.0940. The average molecular weight is 379 g/mol. The third kappa shape index (κ3) is 3.68. The van der Waals surface area contributed by atoms with E-state index in [1.165, 1.54) is 0 Å². The van der Waals surface area contributed by atoms with Crippen molar-refractivity contribution in [3.05, 3.63) is 54.1 Å². The minimum Gasteiger partial charge on any atom is -0.341 e. The van der Waals surface area contributed by atoms with Crippen molar-refractivity contribution in [2.24, 2.45) is 7.05 Å². The van der Waals surface area contributed by atoms with Crippen LogP contribution in [0.15, 0.2) is 42.7 Å². The van der Waals surface area contributed by atoms with Crippen LogP contribution in [0, 0.1) is 0 Å². The first kappa shape index (κ1) is 18.4. The Labute approximate surface area is 164 Å². The van der Waals surface area contributed by atoms with E-state index in [4.69, 9.17) is 0 Å². The van der Waals surface area contributed by atoms with Crippen molar-refractivity contribution in [2.75, 3.05) is 20.1 Å². The maximum absolute atomic E-state index is 13.0. The van der Waals surface area contributed by atoms with Gasteiger partial charge in [0.15, 0.2) is 5.82 Å². The molecule has 2 N–H and O–H groups in total. The molecule has 0 aliphatic carbocycles. The SMILES string of the molecule is CNC(C(=O)N1CCC(c2nc(-c3ccccc3)n[nH]2)CC1)c1cnn(C)c1. The van der Waals surface area contributed by atoms with E-state index in [0.29, 0.717) is 19.0 Å². The van der Waals surface area contributed by atoms with Gasteiger partial charge in [-0.1, -0.05) is 30.3 Å². The van der Waals surface area contributed by atoms with Gasteiger partial charge in [0, 0.05) is 43.4 Å². The van der Waals surface area contributed by atoms with E-state index in [1.807, 2.05) is 55.5 Å². The summed E-state index contributed by atoms with van der Waals surface area (Å²) in [5, 5.41) is 14.8. The van der Waals surface area contributed by atoms with Gasteiger partial charge in [-0.2, -0.15) is 10.2 Å². The number of likely N-dealkylation sites (tertiary alicyclic amines) is 1. The van der Waals surface area contributed by atoms with Crippen molar-refractivity contribution in [2.45, 2.75) is 24.8 Å². The Balaban J connectivity index is 1.39. The molecule has 1 aliphatic heterocycles. The van der Waals surface area contributed by atoms with Gasteiger partial charge in [-0.3, -0.25) is 14.6 Å². The van der Waals surface area contributed by atoms with Crippen LogP contribution in [0.2, 0.25) is 0 Å². The van der Waals surface area contributed by atoms with E-state index >= 15 is 0 Å². The lowest BCUT2D eigenvalue weighted by atomic mass is 9.95. The molecule has 1 saturated heterocycles. The molecule has 1 fully saturated rings. The van der Waals surface area contributed by atoms with Gasteiger partial charge in [-0.25, -0.2) is 4.98 Å². The Kier molecular flexibility index (Phi) is 5.21. The first-order chi connectivity index (χ1) is 13.7. The van der Waals surface area contributed by atoms with Crippen molar-refractivity contribution >= 4 is 5.91 Å². The van der Waals surface area contributed by atoms with Crippen LogP contribution < -0.4 is 5.32 Å². The summed E-state index contributed by atoms with van der Waals surface area (Å²) in [6.07, 6.45) is 5.37. The quantitative estimate of drug-likeness (QED) is 0.706. The van der Waals surface area contributed by atoms with Crippen LogP contribution in [0.4, 0.5) is 0 Å². The number of nitrogens with one attached hydrogen (secondary N) is 2. The second-order valence-corrected chi connectivity index (χ2v) is 7.18. The molecule has 1 unspecified atom stereocenters. The number of likely N-dealkylation sites (N-methyl/N-ethyl adjacent to an activating group) is 1. The van der Waals surface area contributed by atoms with Gasteiger partial charge in [0.05, 0.1) is 6.20 Å². The van der Waals surface area contributed by atoms with E-state index in [1.54, 1.807) is 10.9 Å². The number of hydrogen-bond acceptors (Lipinski definition) is 5. The second-order valence-electron chi connectivity index (χ2n) is 7.18.